The summed E-state index contributed by atoms with van der Waals surface area (Å²) in [7, 11) is 0. The van der Waals surface area contributed by atoms with Crippen LogP contribution in [0.3, 0.4) is 0 Å². The van der Waals surface area contributed by atoms with Crippen molar-refractivity contribution in [1.29, 1.82) is 0 Å². The van der Waals surface area contributed by atoms with Crippen LogP contribution in [-0.4, -0.2) is 5.91 Å². The number of amides is 1. The van der Waals surface area contributed by atoms with Gasteiger partial charge in [-0.3, -0.25) is 4.79 Å². The lowest BCUT2D eigenvalue weighted by atomic mass is 10.1. The Morgan fingerprint density at radius 1 is 1.50 bits per heavy atom. The second-order valence-corrected chi connectivity index (χ2v) is 3.39. The Kier molecular flexibility index (Phi) is 3.51. The number of nitrogens with two attached hydrogens (primary N) is 1. The molecule has 0 radical (unpaired) electrons. The van der Waals surface area contributed by atoms with E-state index in [1.54, 1.807) is 12.1 Å². The van der Waals surface area contributed by atoms with Crippen LogP contribution < -0.4 is 11.1 Å². The van der Waals surface area contributed by atoms with Gasteiger partial charge in [-0.15, -0.1) is 0 Å². The van der Waals surface area contributed by atoms with E-state index < -0.39 is 0 Å². The van der Waals surface area contributed by atoms with Gasteiger partial charge < -0.3 is 11.1 Å². The normalized spacial score (nSPS) is 12.1. The van der Waals surface area contributed by atoms with Gasteiger partial charge in [0.15, 0.2) is 0 Å². The predicted octanol–water partition coefficient (Wildman–Crippen LogP) is 2.25. The molecule has 14 heavy (non-hydrogen) atoms. The van der Waals surface area contributed by atoms with Crippen LogP contribution >= 0.6 is 0 Å². The zero-order chi connectivity index (χ0) is 10.6. The van der Waals surface area contributed by atoms with Gasteiger partial charge in [0.1, 0.15) is 0 Å². The zero-order valence-electron chi connectivity index (χ0n) is 8.58. The van der Waals surface area contributed by atoms with Crippen molar-refractivity contribution >= 4 is 17.3 Å². The van der Waals surface area contributed by atoms with E-state index in [0.717, 1.165) is 6.42 Å². The van der Waals surface area contributed by atoms with Gasteiger partial charge in [0.05, 0.1) is 11.4 Å². The van der Waals surface area contributed by atoms with E-state index >= 15 is 0 Å². The standard InChI is InChI=1S/C11H16N2O/c1-3-8(2)11(14)13-10-7-5-4-6-9(10)12/h4-8H,3,12H2,1-2H3,(H,13,14)/t8-/m0/s1. The molecule has 0 heterocycles. The Bertz CT molecular complexity index is 323. The second kappa shape index (κ2) is 4.65. The molecule has 1 aromatic rings. The number of hydrogen-bond acceptors (Lipinski definition) is 2. The van der Waals surface area contributed by atoms with Crippen LogP contribution in [-0.2, 0) is 4.79 Å². The molecule has 1 atom stereocenters. The summed E-state index contributed by atoms with van der Waals surface area (Å²) in [5, 5.41) is 2.80. The van der Waals surface area contributed by atoms with Crippen molar-refractivity contribution in [1.82, 2.24) is 0 Å². The Balaban J connectivity index is 2.70. The first-order valence-corrected chi connectivity index (χ1v) is 4.80. The molecule has 0 aliphatic carbocycles. The minimum Gasteiger partial charge on any atom is -0.397 e. The van der Waals surface area contributed by atoms with Crippen LogP contribution in [0.4, 0.5) is 11.4 Å². The summed E-state index contributed by atoms with van der Waals surface area (Å²) >= 11 is 0. The first-order chi connectivity index (χ1) is 6.65. The van der Waals surface area contributed by atoms with Crippen molar-refractivity contribution in [2.75, 3.05) is 11.1 Å². The molecule has 0 aromatic heterocycles. The lowest BCUT2D eigenvalue weighted by Crippen LogP contribution is -2.20. The van der Waals surface area contributed by atoms with Gasteiger partial charge >= 0.3 is 0 Å². The number of hydrogen-bond donors (Lipinski definition) is 2. The maximum absolute atomic E-state index is 11.5. The van der Waals surface area contributed by atoms with Gasteiger partial charge in [-0.1, -0.05) is 26.0 Å². The summed E-state index contributed by atoms with van der Waals surface area (Å²) in [5.74, 6) is 0.0417. The minimum atomic E-state index is 0.0189. The molecule has 0 aliphatic heterocycles. The van der Waals surface area contributed by atoms with Crippen molar-refractivity contribution in [3.8, 4) is 0 Å². The summed E-state index contributed by atoms with van der Waals surface area (Å²) in [6.07, 6.45) is 0.832. The SMILES string of the molecule is CC[C@H](C)C(=O)Nc1ccccc1N. The van der Waals surface area contributed by atoms with E-state index in [1.165, 1.54) is 0 Å². The van der Waals surface area contributed by atoms with Crippen molar-refractivity contribution in [2.45, 2.75) is 20.3 Å². The molecule has 0 fully saturated rings. The number of rotatable bonds is 3. The Labute approximate surface area is 84.3 Å². The van der Waals surface area contributed by atoms with Crippen molar-refractivity contribution in [3.63, 3.8) is 0 Å². The van der Waals surface area contributed by atoms with Crippen LogP contribution in [0.1, 0.15) is 20.3 Å². The molecule has 0 bridgehead atoms. The molecule has 1 aromatic carbocycles. The predicted molar refractivity (Wildman–Crippen MR) is 58.9 cm³/mol. The highest BCUT2D eigenvalue weighted by atomic mass is 16.1. The lowest BCUT2D eigenvalue weighted by molar-refractivity contribution is -0.119. The fourth-order valence-corrected chi connectivity index (χ4v) is 1.05. The number of carbonyl (C=O) groups excluding carboxylic acids is 1. The highest BCUT2D eigenvalue weighted by Crippen LogP contribution is 2.17. The average molecular weight is 192 g/mol. The average Bonchev–Trinajstić information content (AvgIpc) is 2.20. The molecule has 76 valence electrons. The summed E-state index contributed by atoms with van der Waals surface area (Å²) in [4.78, 5) is 11.5. The molecule has 0 unspecified atom stereocenters. The smallest absolute Gasteiger partial charge is 0.227 e. The van der Waals surface area contributed by atoms with E-state index in [-0.39, 0.29) is 11.8 Å². The largest absolute Gasteiger partial charge is 0.397 e. The topological polar surface area (TPSA) is 55.1 Å². The van der Waals surface area contributed by atoms with Crippen LogP contribution in [0.15, 0.2) is 24.3 Å². The minimum absolute atomic E-state index is 0.0189. The third kappa shape index (κ3) is 2.49. The number of nitrogen functional groups attached to an aromatic ring is 1. The first kappa shape index (κ1) is 10.6. The Hall–Kier alpha value is -1.51. The third-order valence-corrected chi connectivity index (χ3v) is 2.28. The van der Waals surface area contributed by atoms with E-state index in [2.05, 4.69) is 5.32 Å². The maximum Gasteiger partial charge on any atom is 0.227 e. The van der Waals surface area contributed by atoms with E-state index in [0.29, 0.717) is 11.4 Å². The molecule has 0 aliphatic rings. The summed E-state index contributed by atoms with van der Waals surface area (Å²) in [5.41, 5.74) is 6.99. The van der Waals surface area contributed by atoms with E-state index in [9.17, 15) is 4.79 Å². The number of para-hydroxylation sites is 2. The Morgan fingerprint density at radius 2 is 2.14 bits per heavy atom. The van der Waals surface area contributed by atoms with Crippen LogP contribution in [0.25, 0.3) is 0 Å². The van der Waals surface area contributed by atoms with E-state index in [4.69, 9.17) is 5.73 Å². The lowest BCUT2D eigenvalue weighted by Gasteiger charge is -2.11. The molecule has 3 nitrogen and oxygen atoms in total. The van der Waals surface area contributed by atoms with Gasteiger partial charge in [0.2, 0.25) is 5.91 Å². The molecule has 3 heteroatoms. The highest BCUT2D eigenvalue weighted by Gasteiger charge is 2.11. The molecule has 1 rings (SSSR count). The zero-order valence-corrected chi connectivity index (χ0v) is 8.58. The molecule has 0 saturated carbocycles. The van der Waals surface area contributed by atoms with E-state index in [1.807, 2.05) is 26.0 Å². The molecular weight excluding hydrogens is 176 g/mol. The quantitative estimate of drug-likeness (QED) is 0.722. The third-order valence-electron chi connectivity index (χ3n) is 2.28. The van der Waals surface area contributed by atoms with Gasteiger partial charge in [0.25, 0.3) is 0 Å². The number of nitrogens with one attached hydrogen (secondary N) is 1. The number of anilines is 2. The van der Waals surface area contributed by atoms with Crippen molar-refractivity contribution in [2.24, 2.45) is 5.92 Å². The molecule has 1 amide bonds. The second-order valence-electron chi connectivity index (χ2n) is 3.39. The maximum atomic E-state index is 11.5. The van der Waals surface area contributed by atoms with Gasteiger partial charge in [-0.2, -0.15) is 0 Å². The molecule has 0 spiro atoms. The first-order valence-electron chi connectivity index (χ1n) is 4.80. The monoisotopic (exact) mass is 192 g/mol. The summed E-state index contributed by atoms with van der Waals surface area (Å²) in [6.45, 7) is 3.88. The molecular formula is C11H16N2O. The number of carbonyl (C=O) groups is 1. The van der Waals surface area contributed by atoms with Gasteiger partial charge in [0, 0.05) is 5.92 Å². The summed E-state index contributed by atoms with van der Waals surface area (Å²) in [6, 6.07) is 7.26. The highest BCUT2D eigenvalue weighted by molar-refractivity contribution is 5.95. The molecule has 3 N–H and O–H groups in total. The van der Waals surface area contributed by atoms with Crippen molar-refractivity contribution < 1.29 is 4.79 Å². The van der Waals surface area contributed by atoms with Gasteiger partial charge in [-0.25, -0.2) is 0 Å². The van der Waals surface area contributed by atoms with Crippen molar-refractivity contribution in [3.05, 3.63) is 24.3 Å². The molecule has 0 saturated heterocycles. The van der Waals surface area contributed by atoms with Crippen LogP contribution in [0.2, 0.25) is 0 Å². The summed E-state index contributed by atoms with van der Waals surface area (Å²) < 4.78 is 0. The van der Waals surface area contributed by atoms with Crippen LogP contribution in [0.5, 0.6) is 0 Å². The fraction of sp³-hybridized carbons (Fsp3) is 0.364. The van der Waals surface area contributed by atoms with Crippen LogP contribution in [0, 0.1) is 5.92 Å². The fourth-order valence-electron chi connectivity index (χ4n) is 1.05. The van der Waals surface area contributed by atoms with Gasteiger partial charge in [-0.05, 0) is 18.6 Å². The number of benzene rings is 1. The Morgan fingerprint density at radius 3 is 2.71 bits per heavy atom.